The van der Waals surface area contributed by atoms with E-state index in [9.17, 15) is 0 Å². The molecular weight excluding hydrogens is 364 g/mol. The summed E-state index contributed by atoms with van der Waals surface area (Å²) < 4.78 is 5.64. The van der Waals surface area contributed by atoms with Crippen molar-refractivity contribution in [1.29, 1.82) is 0 Å². The molecule has 0 aliphatic carbocycles. The number of ether oxygens (including phenoxy) is 1. The van der Waals surface area contributed by atoms with Gasteiger partial charge in [0.2, 0.25) is 5.16 Å². The van der Waals surface area contributed by atoms with Gasteiger partial charge in [-0.1, -0.05) is 30.3 Å². The van der Waals surface area contributed by atoms with Gasteiger partial charge in [-0.2, -0.15) is 0 Å². The zero-order valence-electron chi connectivity index (χ0n) is 13.2. The third kappa shape index (κ3) is 4.96. The van der Waals surface area contributed by atoms with Crippen LogP contribution in [0.25, 0.3) is 0 Å². The van der Waals surface area contributed by atoms with Crippen LogP contribution in [0.5, 0.6) is 5.75 Å². The lowest BCUT2D eigenvalue weighted by atomic mass is 10.3. The monoisotopic (exact) mass is 380 g/mol. The molecule has 126 valence electrons. The predicted molar refractivity (Wildman–Crippen MR) is 97.8 cm³/mol. The molecular formula is C16H17ClN4OS2. The van der Waals surface area contributed by atoms with Crippen molar-refractivity contribution >= 4 is 34.7 Å². The van der Waals surface area contributed by atoms with E-state index in [1.54, 1.807) is 35.2 Å². The Hall–Kier alpha value is -1.57. The highest BCUT2D eigenvalue weighted by molar-refractivity contribution is 7.98. The lowest BCUT2D eigenvalue weighted by Crippen LogP contribution is -1.97. The van der Waals surface area contributed by atoms with Gasteiger partial charge < -0.3 is 4.74 Å². The minimum absolute atomic E-state index is 0.340. The van der Waals surface area contributed by atoms with Gasteiger partial charge in [-0.25, -0.2) is 9.97 Å². The molecule has 0 atom stereocenters. The van der Waals surface area contributed by atoms with Crippen LogP contribution in [0.15, 0.2) is 34.8 Å². The highest BCUT2D eigenvalue weighted by atomic mass is 35.5. The van der Waals surface area contributed by atoms with Crippen molar-refractivity contribution in [3.63, 3.8) is 0 Å². The van der Waals surface area contributed by atoms with Gasteiger partial charge in [0.25, 0.3) is 0 Å². The maximum atomic E-state index is 5.85. The first-order valence-electron chi connectivity index (χ1n) is 7.58. The zero-order valence-corrected chi connectivity index (χ0v) is 15.5. The van der Waals surface area contributed by atoms with E-state index in [4.69, 9.17) is 16.3 Å². The molecule has 3 rings (SSSR count). The summed E-state index contributed by atoms with van der Waals surface area (Å²) in [6, 6.07) is 7.23. The predicted octanol–water partition coefficient (Wildman–Crippen LogP) is 4.74. The highest BCUT2D eigenvalue weighted by Crippen LogP contribution is 2.22. The summed E-state index contributed by atoms with van der Waals surface area (Å²) in [5.74, 6) is 2.21. The summed E-state index contributed by atoms with van der Waals surface area (Å²) in [6.45, 7) is 2.50. The molecule has 0 radical (unpaired) electrons. The molecule has 0 saturated heterocycles. The number of nitrogens with zero attached hydrogens (tertiary/aromatic N) is 3. The lowest BCUT2D eigenvalue weighted by molar-refractivity contribution is 0.296. The Morgan fingerprint density at radius 3 is 2.88 bits per heavy atom. The first kappa shape index (κ1) is 17.3. The van der Waals surface area contributed by atoms with E-state index in [1.165, 1.54) is 5.01 Å². The number of hydrogen-bond donors (Lipinski definition) is 1. The van der Waals surface area contributed by atoms with Crippen LogP contribution in [0.4, 0.5) is 0 Å². The smallest absolute Gasteiger partial charge is 0.208 e. The van der Waals surface area contributed by atoms with Crippen molar-refractivity contribution in [3.05, 3.63) is 51.2 Å². The maximum Gasteiger partial charge on any atom is 0.208 e. The summed E-state index contributed by atoms with van der Waals surface area (Å²) in [4.78, 5) is 9.02. The molecule has 1 aromatic carbocycles. The fourth-order valence-corrected chi connectivity index (χ4v) is 3.81. The van der Waals surface area contributed by atoms with Crippen molar-refractivity contribution in [1.82, 2.24) is 20.2 Å². The summed E-state index contributed by atoms with van der Waals surface area (Å²) in [5, 5.41) is 11.8. The Balaban J connectivity index is 1.48. The van der Waals surface area contributed by atoms with Gasteiger partial charge in [0.15, 0.2) is 5.82 Å². The fourth-order valence-electron chi connectivity index (χ4n) is 1.97. The Kier molecular flexibility index (Phi) is 6.12. The van der Waals surface area contributed by atoms with Gasteiger partial charge in [-0.15, -0.1) is 16.4 Å². The zero-order chi connectivity index (χ0) is 16.8. The van der Waals surface area contributed by atoms with Gasteiger partial charge in [0, 0.05) is 16.2 Å². The normalized spacial score (nSPS) is 10.9. The number of aryl methyl sites for hydroxylation is 1. The molecule has 0 amide bonds. The van der Waals surface area contributed by atoms with Crippen molar-refractivity contribution in [2.24, 2.45) is 0 Å². The number of hydrogen-bond acceptors (Lipinski definition) is 6. The number of benzene rings is 1. The molecule has 0 aliphatic rings. The van der Waals surface area contributed by atoms with Gasteiger partial charge in [-0.05, 0) is 37.1 Å². The van der Waals surface area contributed by atoms with E-state index in [0.717, 1.165) is 30.0 Å². The number of nitrogens with one attached hydrogen (secondary N) is 1. The highest BCUT2D eigenvalue weighted by Gasteiger charge is 2.07. The number of halogens is 1. The van der Waals surface area contributed by atoms with Crippen molar-refractivity contribution in [2.45, 2.75) is 37.3 Å². The number of rotatable bonds is 8. The Bertz CT molecular complexity index is 772. The van der Waals surface area contributed by atoms with Gasteiger partial charge in [0.1, 0.15) is 12.4 Å². The molecule has 5 nitrogen and oxygen atoms in total. The van der Waals surface area contributed by atoms with Crippen LogP contribution in [0, 0.1) is 0 Å². The van der Waals surface area contributed by atoms with Crippen LogP contribution in [0.3, 0.4) is 0 Å². The fraction of sp³-hybridized carbons (Fsp3) is 0.312. The topological polar surface area (TPSA) is 63.7 Å². The molecule has 2 heterocycles. The molecule has 0 spiro atoms. The molecule has 0 bridgehead atoms. The molecule has 24 heavy (non-hydrogen) atoms. The molecule has 3 aromatic rings. The van der Waals surface area contributed by atoms with E-state index in [0.29, 0.717) is 22.6 Å². The third-order valence-electron chi connectivity index (χ3n) is 3.11. The molecule has 1 N–H and O–H groups in total. The summed E-state index contributed by atoms with van der Waals surface area (Å²) >= 11 is 9.13. The first-order chi connectivity index (χ1) is 11.7. The van der Waals surface area contributed by atoms with Crippen molar-refractivity contribution < 1.29 is 4.74 Å². The van der Waals surface area contributed by atoms with Gasteiger partial charge in [-0.3, -0.25) is 5.10 Å². The van der Waals surface area contributed by atoms with E-state index in [-0.39, 0.29) is 0 Å². The number of aromatic amines is 1. The molecule has 0 aliphatic heterocycles. The van der Waals surface area contributed by atoms with Gasteiger partial charge in [0.05, 0.1) is 10.7 Å². The van der Waals surface area contributed by atoms with E-state index >= 15 is 0 Å². The van der Waals surface area contributed by atoms with Gasteiger partial charge >= 0.3 is 0 Å². The molecule has 8 heteroatoms. The first-order valence-corrected chi connectivity index (χ1v) is 9.83. The average Bonchev–Trinajstić information content (AvgIpc) is 3.22. The van der Waals surface area contributed by atoms with E-state index < -0.39 is 0 Å². The maximum absolute atomic E-state index is 5.85. The van der Waals surface area contributed by atoms with Crippen LogP contribution in [0.1, 0.15) is 29.9 Å². The van der Waals surface area contributed by atoms with Crippen LogP contribution in [-0.4, -0.2) is 20.2 Å². The second kappa shape index (κ2) is 8.50. The number of thioether (sulfide) groups is 1. The van der Waals surface area contributed by atoms with E-state index in [2.05, 4.69) is 32.5 Å². The quantitative estimate of drug-likeness (QED) is 0.572. The van der Waals surface area contributed by atoms with Crippen LogP contribution in [-0.2, 0) is 18.8 Å². The Morgan fingerprint density at radius 2 is 2.08 bits per heavy atom. The molecule has 2 aromatic heterocycles. The number of H-pyrrole nitrogens is 1. The molecule has 0 saturated carbocycles. The van der Waals surface area contributed by atoms with Crippen LogP contribution >= 0.6 is 34.7 Å². The van der Waals surface area contributed by atoms with E-state index in [1.807, 2.05) is 12.1 Å². The number of aromatic nitrogens is 4. The SMILES string of the molecule is CCCc1nc(CSc2n[nH]c(COc3ccc(Cl)cc3)n2)cs1. The lowest BCUT2D eigenvalue weighted by Gasteiger charge is -2.03. The largest absolute Gasteiger partial charge is 0.486 e. The Morgan fingerprint density at radius 1 is 1.25 bits per heavy atom. The standard InChI is InChI=1S/C16H17ClN4OS2/c1-2-3-15-18-12(9-23-15)10-24-16-19-14(20-21-16)8-22-13-6-4-11(17)5-7-13/h4-7,9H,2-3,8,10H2,1H3,(H,19,20,21). The summed E-state index contributed by atoms with van der Waals surface area (Å²) in [5.41, 5.74) is 1.08. The van der Waals surface area contributed by atoms with Crippen molar-refractivity contribution in [3.8, 4) is 5.75 Å². The Labute approximate surface area is 153 Å². The second-order valence-corrected chi connectivity index (χ2v) is 7.40. The molecule has 0 fully saturated rings. The summed E-state index contributed by atoms with van der Waals surface area (Å²) in [7, 11) is 0. The minimum atomic E-state index is 0.340. The number of thiazole rings is 1. The minimum Gasteiger partial charge on any atom is -0.486 e. The summed E-state index contributed by atoms with van der Waals surface area (Å²) in [6.07, 6.45) is 2.17. The third-order valence-corrected chi connectivity index (χ3v) is 5.20. The van der Waals surface area contributed by atoms with Crippen LogP contribution < -0.4 is 4.74 Å². The van der Waals surface area contributed by atoms with Crippen molar-refractivity contribution in [2.75, 3.05) is 0 Å². The average molecular weight is 381 g/mol. The molecule has 0 unspecified atom stereocenters. The second-order valence-electron chi connectivity index (χ2n) is 5.08. The van der Waals surface area contributed by atoms with Crippen LogP contribution in [0.2, 0.25) is 5.02 Å².